The fourth-order valence-electron chi connectivity index (χ4n) is 2.32. The van der Waals surface area contributed by atoms with Gasteiger partial charge in [-0.2, -0.15) is 5.10 Å². The van der Waals surface area contributed by atoms with Gasteiger partial charge in [-0.05, 0) is 25.0 Å². The number of nitrogens with one attached hydrogen (secondary N) is 1. The second-order valence-corrected chi connectivity index (χ2v) is 5.13. The first-order chi connectivity index (χ1) is 10.1. The summed E-state index contributed by atoms with van der Waals surface area (Å²) < 4.78 is 1.73. The predicted octanol–water partition coefficient (Wildman–Crippen LogP) is 3.00. The van der Waals surface area contributed by atoms with Gasteiger partial charge in [-0.15, -0.1) is 12.4 Å². The minimum absolute atomic E-state index is 0. The van der Waals surface area contributed by atoms with Crippen molar-refractivity contribution in [1.29, 1.82) is 0 Å². The maximum Gasteiger partial charge on any atom is 0.233 e. The number of carbonyl (C=O) groups is 1. The van der Waals surface area contributed by atoms with Gasteiger partial charge in [-0.3, -0.25) is 4.79 Å². The van der Waals surface area contributed by atoms with E-state index < -0.39 is 5.41 Å². The second-order valence-electron chi connectivity index (χ2n) is 5.13. The van der Waals surface area contributed by atoms with Crippen molar-refractivity contribution in [2.45, 2.75) is 26.7 Å². The van der Waals surface area contributed by atoms with Gasteiger partial charge in [0.15, 0.2) is 5.82 Å². The first-order valence-electron chi connectivity index (χ1n) is 7.28. The van der Waals surface area contributed by atoms with E-state index in [9.17, 15) is 4.79 Å². The molecule has 1 heterocycles. The summed E-state index contributed by atoms with van der Waals surface area (Å²) in [5.74, 6) is 0.483. The highest BCUT2D eigenvalue weighted by Gasteiger charge is 2.33. The van der Waals surface area contributed by atoms with Crippen LogP contribution >= 0.6 is 12.4 Å². The monoisotopic (exact) mass is 322 g/mol. The van der Waals surface area contributed by atoms with Crippen LogP contribution in [-0.4, -0.2) is 22.2 Å². The number of para-hydroxylation sites is 1. The van der Waals surface area contributed by atoms with Gasteiger partial charge in [-0.25, -0.2) is 4.68 Å². The largest absolute Gasteiger partial charge is 0.329 e. The molecule has 1 aromatic heterocycles. The molecular formula is C16H23ClN4O. The lowest BCUT2D eigenvalue weighted by molar-refractivity contribution is -0.125. The Morgan fingerprint density at radius 3 is 2.41 bits per heavy atom. The highest BCUT2D eigenvalue weighted by Crippen LogP contribution is 2.26. The van der Waals surface area contributed by atoms with Gasteiger partial charge >= 0.3 is 0 Å². The number of amides is 1. The van der Waals surface area contributed by atoms with Crippen molar-refractivity contribution in [3.05, 3.63) is 42.6 Å². The quantitative estimate of drug-likeness (QED) is 0.858. The molecule has 0 fully saturated rings. The van der Waals surface area contributed by atoms with Crippen molar-refractivity contribution >= 4 is 24.1 Å². The normalized spacial score (nSPS) is 10.9. The average molecular weight is 323 g/mol. The van der Waals surface area contributed by atoms with Gasteiger partial charge in [0.25, 0.3) is 0 Å². The van der Waals surface area contributed by atoms with Gasteiger partial charge < -0.3 is 11.1 Å². The molecule has 1 aromatic carbocycles. The topological polar surface area (TPSA) is 72.9 Å². The van der Waals surface area contributed by atoms with Crippen LogP contribution < -0.4 is 11.1 Å². The number of nitrogens with zero attached hydrogens (tertiary/aromatic N) is 2. The molecule has 3 N–H and O–H groups in total. The molecule has 2 aromatic rings. The van der Waals surface area contributed by atoms with Crippen molar-refractivity contribution in [2.24, 2.45) is 11.1 Å². The molecule has 0 bridgehead atoms. The molecule has 0 aliphatic heterocycles. The fraction of sp³-hybridized carbons (Fsp3) is 0.375. The van der Waals surface area contributed by atoms with E-state index >= 15 is 0 Å². The molecule has 1 amide bonds. The van der Waals surface area contributed by atoms with Crippen LogP contribution in [0, 0.1) is 5.41 Å². The molecule has 5 nitrogen and oxygen atoms in total. The van der Waals surface area contributed by atoms with E-state index in [1.54, 1.807) is 10.7 Å². The molecule has 22 heavy (non-hydrogen) atoms. The van der Waals surface area contributed by atoms with Crippen LogP contribution in [0.15, 0.2) is 42.6 Å². The maximum atomic E-state index is 12.4. The molecule has 0 saturated carbocycles. The van der Waals surface area contributed by atoms with Crippen molar-refractivity contribution in [1.82, 2.24) is 9.78 Å². The van der Waals surface area contributed by atoms with Crippen LogP contribution in [0.1, 0.15) is 26.7 Å². The zero-order valence-electron chi connectivity index (χ0n) is 13.0. The molecule has 0 radical (unpaired) electrons. The average Bonchev–Trinajstić information content (AvgIpc) is 2.99. The number of aromatic nitrogens is 2. The molecule has 0 atom stereocenters. The SMILES string of the molecule is CCC(CC)(CN)C(=O)Nc1ccn(-c2ccccc2)n1.Cl. The van der Waals surface area contributed by atoms with Gasteiger partial charge in [0.05, 0.1) is 11.1 Å². The summed E-state index contributed by atoms with van der Waals surface area (Å²) in [7, 11) is 0. The van der Waals surface area contributed by atoms with E-state index in [1.165, 1.54) is 0 Å². The highest BCUT2D eigenvalue weighted by atomic mass is 35.5. The lowest BCUT2D eigenvalue weighted by atomic mass is 9.81. The summed E-state index contributed by atoms with van der Waals surface area (Å²) in [6.45, 7) is 4.31. The predicted molar refractivity (Wildman–Crippen MR) is 91.5 cm³/mol. The van der Waals surface area contributed by atoms with E-state index in [2.05, 4.69) is 10.4 Å². The number of hydrogen-bond acceptors (Lipinski definition) is 3. The zero-order chi connectivity index (χ0) is 15.3. The third-order valence-corrected chi connectivity index (χ3v) is 4.08. The minimum Gasteiger partial charge on any atom is -0.329 e. The molecule has 0 aliphatic carbocycles. The summed E-state index contributed by atoms with van der Waals surface area (Å²) in [4.78, 5) is 12.4. The first-order valence-corrected chi connectivity index (χ1v) is 7.28. The van der Waals surface area contributed by atoms with Crippen LogP contribution in [0.5, 0.6) is 0 Å². The number of halogens is 1. The van der Waals surface area contributed by atoms with E-state index in [0.717, 1.165) is 5.69 Å². The molecule has 6 heteroatoms. The Kier molecular flexibility index (Phi) is 6.59. The Morgan fingerprint density at radius 1 is 1.23 bits per heavy atom. The first kappa shape index (κ1) is 18.2. The van der Waals surface area contributed by atoms with Crippen molar-refractivity contribution in [3.63, 3.8) is 0 Å². The van der Waals surface area contributed by atoms with Crippen LogP contribution in [0.3, 0.4) is 0 Å². The Labute approximate surface area is 137 Å². The highest BCUT2D eigenvalue weighted by molar-refractivity contribution is 5.94. The van der Waals surface area contributed by atoms with Crippen LogP contribution in [-0.2, 0) is 4.79 Å². The summed E-state index contributed by atoms with van der Waals surface area (Å²) in [5.41, 5.74) is 6.23. The van der Waals surface area contributed by atoms with Gasteiger partial charge in [0, 0.05) is 18.8 Å². The molecule has 0 unspecified atom stereocenters. The van der Waals surface area contributed by atoms with E-state index in [4.69, 9.17) is 5.73 Å². The Balaban J connectivity index is 0.00000242. The van der Waals surface area contributed by atoms with E-state index in [0.29, 0.717) is 25.2 Å². The zero-order valence-corrected chi connectivity index (χ0v) is 13.8. The number of hydrogen-bond donors (Lipinski definition) is 2. The second kappa shape index (κ2) is 7.96. The van der Waals surface area contributed by atoms with Gasteiger partial charge in [-0.1, -0.05) is 32.0 Å². The van der Waals surface area contributed by atoms with Gasteiger partial charge in [0.1, 0.15) is 0 Å². The maximum absolute atomic E-state index is 12.4. The number of carbonyl (C=O) groups excluding carboxylic acids is 1. The third kappa shape index (κ3) is 3.67. The molecule has 2 rings (SSSR count). The van der Waals surface area contributed by atoms with Crippen LogP contribution in [0.25, 0.3) is 5.69 Å². The van der Waals surface area contributed by atoms with E-state index in [-0.39, 0.29) is 18.3 Å². The molecular weight excluding hydrogens is 300 g/mol. The number of anilines is 1. The molecule has 0 saturated heterocycles. The van der Waals surface area contributed by atoms with Crippen molar-refractivity contribution in [3.8, 4) is 5.69 Å². The standard InChI is InChI=1S/C16H22N4O.ClH/c1-3-16(4-2,12-17)15(21)18-14-10-11-20(19-14)13-8-6-5-7-9-13;/h5-11H,3-4,12,17H2,1-2H3,(H,18,19,21);1H. The van der Waals surface area contributed by atoms with Crippen LogP contribution in [0.4, 0.5) is 5.82 Å². The summed E-state index contributed by atoms with van der Waals surface area (Å²) in [6.07, 6.45) is 3.25. The molecule has 0 spiro atoms. The fourth-order valence-corrected chi connectivity index (χ4v) is 2.32. The number of benzene rings is 1. The lowest BCUT2D eigenvalue weighted by Gasteiger charge is -2.27. The lowest BCUT2D eigenvalue weighted by Crippen LogP contribution is -2.41. The Bertz CT molecular complexity index is 585. The summed E-state index contributed by atoms with van der Waals surface area (Å²) in [5, 5.41) is 7.26. The number of nitrogens with two attached hydrogens (primary N) is 1. The third-order valence-electron chi connectivity index (χ3n) is 4.08. The smallest absolute Gasteiger partial charge is 0.233 e. The summed E-state index contributed by atoms with van der Waals surface area (Å²) >= 11 is 0. The Morgan fingerprint density at radius 2 is 1.86 bits per heavy atom. The molecule has 120 valence electrons. The van der Waals surface area contributed by atoms with Crippen molar-refractivity contribution in [2.75, 3.05) is 11.9 Å². The van der Waals surface area contributed by atoms with E-state index in [1.807, 2.05) is 50.4 Å². The van der Waals surface area contributed by atoms with Crippen molar-refractivity contribution < 1.29 is 4.79 Å². The summed E-state index contributed by atoms with van der Waals surface area (Å²) in [6, 6.07) is 11.6. The Hall–Kier alpha value is -1.85. The van der Waals surface area contributed by atoms with Gasteiger partial charge in [0.2, 0.25) is 5.91 Å². The molecule has 0 aliphatic rings. The van der Waals surface area contributed by atoms with Crippen LogP contribution in [0.2, 0.25) is 0 Å². The number of rotatable bonds is 6. The minimum atomic E-state index is -0.517.